The summed E-state index contributed by atoms with van der Waals surface area (Å²) in [7, 11) is 0. The predicted octanol–water partition coefficient (Wildman–Crippen LogP) is -1.23. The zero-order valence-electron chi connectivity index (χ0n) is 14.2. The molecular weight excluding hydrogens is 335 g/mol. The summed E-state index contributed by atoms with van der Waals surface area (Å²) in [5.74, 6) is -1.04. The van der Waals surface area contributed by atoms with Crippen LogP contribution in [-0.4, -0.2) is 48.2 Å². The minimum atomic E-state index is -0.835. The second-order valence-electron chi connectivity index (χ2n) is 5.34. The van der Waals surface area contributed by atoms with Gasteiger partial charge in [0, 0.05) is 13.1 Å². The Labute approximate surface area is 185 Å². The summed E-state index contributed by atoms with van der Waals surface area (Å²) < 4.78 is 5.28. The van der Waals surface area contributed by atoms with Gasteiger partial charge in [-0.3, -0.25) is 14.5 Å². The first-order valence-corrected chi connectivity index (χ1v) is 7.48. The number of likely N-dealkylation sites (tertiary alicyclic amines) is 1. The Balaban J connectivity index is 0.00000170. The van der Waals surface area contributed by atoms with E-state index in [4.69, 9.17) is 21.7 Å². The molecular formula is C17H21KN2O4. The van der Waals surface area contributed by atoms with E-state index in [9.17, 15) is 9.59 Å². The van der Waals surface area contributed by atoms with E-state index in [0.29, 0.717) is 32.5 Å². The van der Waals surface area contributed by atoms with Crippen molar-refractivity contribution in [3.05, 3.63) is 42.5 Å². The zero-order chi connectivity index (χ0) is 17.3. The maximum atomic E-state index is 12.5. The zero-order valence-corrected chi connectivity index (χ0v) is 17.3. The third-order valence-corrected chi connectivity index (χ3v) is 4.06. The molecule has 1 aliphatic heterocycles. The first-order valence-electron chi connectivity index (χ1n) is 7.48. The Kier molecular flexibility index (Phi) is 11.4. The van der Waals surface area contributed by atoms with Gasteiger partial charge in [0.15, 0.2) is 0 Å². The first kappa shape index (κ1) is 23.2. The number of piperidine rings is 1. The molecule has 7 heteroatoms. The van der Waals surface area contributed by atoms with Gasteiger partial charge in [-0.25, -0.2) is 0 Å². The van der Waals surface area contributed by atoms with E-state index < -0.39 is 11.4 Å². The van der Waals surface area contributed by atoms with Crippen molar-refractivity contribution in [2.45, 2.75) is 25.2 Å². The molecule has 0 saturated carbocycles. The number of carbonyl (C=O) groups excluding carboxylic acids is 1. The van der Waals surface area contributed by atoms with E-state index in [2.05, 4.69) is 0 Å². The molecule has 1 aromatic carbocycles. The van der Waals surface area contributed by atoms with Crippen LogP contribution in [0.5, 0.6) is 0 Å². The normalized spacial score (nSPS) is 16.0. The monoisotopic (exact) mass is 356 g/mol. The first-order chi connectivity index (χ1) is 11.1. The number of ether oxygens (including phenoxy) is 1. The van der Waals surface area contributed by atoms with E-state index in [-0.39, 0.29) is 63.9 Å². The molecule has 0 aromatic heterocycles. The van der Waals surface area contributed by atoms with Gasteiger partial charge >= 0.3 is 63.3 Å². The molecule has 0 aliphatic carbocycles. The molecule has 1 N–H and O–H groups in total. The molecule has 0 atom stereocenters. The van der Waals surface area contributed by atoms with E-state index in [1.54, 1.807) is 6.92 Å². The number of esters is 1. The van der Waals surface area contributed by atoms with Crippen LogP contribution in [0.2, 0.25) is 0 Å². The van der Waals surface area contributed by atoms with E-state index in [0.717, 1.165) is 5.56 Å². The molecule has 2 rings (SSSR count). The number of hydrogen-bond acceptors (Lipinski definition) is 5. The Morgan fingerprint density at radius 1 is 1.25 bits per heavy atom. The summed E-state index contributed by atoms with van der Waals surface area (Å²) in [4.78, 5) is 25.2. The number of nitrogens with zero attached hydrogens (tertiary/aromatic N) is 2. The molecule has 0 unspecified atom stereocenters. The standard InChI is InChI=1S/C16H21NO4.CN.K/c1-2-21-15(20)16(13-6-4-3-5-7-13)8-10-17(11-9-16)12-14(18)19;1-2;/h3-7H,2,8-12H2,1H3,(H,18,19);;/q;-1;+1. The van der Waals surface area contributed by atoms with Gasteiger partial charge < -0.3 is 21.7 Å². The van der Waals surface area contributed by atoms with Crippen molar-refractivity contribution in [2.75, 3.05) is 26.2 Å². The van der Waals surface area contributed by atoms with Crippen LogP contribution >= 0.6 is 0 Å². The number of carboxylic acid groups (broad SMARTS) is 1. The average Bonchev–Trinajstić information content (AvgIpc) is 2.58. The number of carbonyl (C=O) groups is 2. The SMILES string of the molecule is CCOC(=O)C1(c2ccccc2)CCN(CC(=O)O)CC1.[C-]#N.[K+]. The van der Waals surface area contributed by atoms with Gasteiger partial charge in [-0.15, -0.1) is 0 Å². The summed E-state index contributed by atoms with van der Waals surface area (Å²) >= 11 is 0. The topological polar surface area (TPSA) is 90.6 Å². The molecule has 24 heavy (non-hydrogen) atoms. The summed E-state index contributed by atoms with van der Waals surface area (Å²) in [6.45, 7) is 8.09. The number of benzene rings is 1. The van der Waals surface area contributed by atoms with Crippen molar-refractivity contribution >= 4 is 11.9 Å². The van der Waals surface area contributed by atoms with Crippen LogP contribution < -0.4 is 51.4 Å². The summed E-state index contributed by atoms with van der Waals surface area (Å²) in [5.41, 5.74) is 0.310. The van der Waals surface area contributed by atoms with Gasteiger partial charge in [-0.2, -0.15) is 0 Å². The Morgan fingerprint density at radius 3 is 2.25 bits per heavy atom. The average molecular weight is 356 g/mol. The van der Waals surface area contributed by atoms with E-state index in [1.165, 1.54) is 0 Å². The van der Waals surface area contributed by atoms with Crippen LogP contribution in [0.3, 0.4) is 0 Å². The van der Waals surface area contributed by atoms with Crippen LogP contribution in [0.15, 0.2) is 30.3 Å². The van der Waals surface area contributed by atoms with Gasteiger partial charge in [0.2, 0.25) is 0 Å². The summed E-state index contributed by atoms with van der Waals surface area (Å²) in [5, 5.41) is 15.1. The number of carboxylic acids is 1. The second-order valence-corrected chi connectivity index (χ2v) is 5.34. The molecule has 0 bridgehead atoms. The molecule has 124 valence electrons. The van der Waals surface area contributed by atoms with Crippen LogP contribution in [0.25, 0.3) is 0 Å². The van der Waals surface area contributed by atoms with Crippen LogP contribution in [0.1, 0.15) is 25.3 Å². The summed E-state index contributed by atoms with van der Waals surface area (Å²) in [6, 6.07) is 9.65. The molecule has 1 saturated heterocycles. The molecule has 1 fully saturated rings. The van der Waals surface area contributed by atoms with E-state index >= 15 is 0 Å². The fourth-order valence-corrected chi connectivity index (χ4v) is 2.92. The van der Waals surface area contributed by atoms with Crippen molar-refractivity contribution in [3.8, 4) is 0 Å². The van der Waals surface area contributed by atoms with Gasteiger partial charge in [0.05, 0.1) is 18.6 Å². The smallest absolute Gasteiger partial charge is 0.512 e. The van der Waals surface area contributed by atoms with Gasteiger partial charge in [-0.1, -0.05) is 30.3 Å². The Bertz CT molecular complexity index is 540. The molecule has 6 nitrogen and oxygen atoms in total. The predicted molar refractivity (Wildman–Crippen MR) is 83.0 cm³/mol. The maximum absolute atomic E-state index is 12.5. The summed E-state index contributed by atoms with van der Waals surface area (Å²) in [6.07, 6.45) is 1.17. The molecule has 1 heterocycles. The van der Waals surface area contributed by atoms with Crippen molar-refractivity contribution in [1.29, 1.82) is 5.26 Å². The molecule has 0 radical (unpaired) electrons. The molecule has 1 aliphatic rings. The minimum absolute atomic E-state index is 0. The van der Waals surface area contributed by atoms with Crippen LogP contribution in [0.4, 0.5) is 0 Å². The number of rotatable bonds is 5. The Morgan fingerprint density at radius 2 is 1.79 bits per heavy atom. The maximum Gasteiger partial charge on any atom is 1.00 e. The van der Waals surface area contributed by atoms with E-state index in [1.807, 2.05) is 35.2 Å². The van der Waals surface area contributed by atoms with Crippen molar-refractivity contribution in [1.82, 2.24) is 4.90 Å². The number of aliphatic carboxylic acids is 1. The number of hydrogen-bond donors (Lipinski definition) is 1. The second kappa shape index (κ2) is 11.7. The van der Waals surface area contributed by atoms with Crippen molar-refractivity contribution in [3.63, 3.8) is 0 Å². The fraction of sp³-hybridized carbons (Fsp3) is 0.471. The largest absolute Gasteiger partial charge is 1.00 e. The molecule has 0 amide bonds. The van der Waals surface area contributed by atoms with Gasteiger partial charge in [0.1, 0.15) is 0 Å². The Hall–Kier alpha value is -0.754. The van der Waals surface area contributed by atoms with Gasteiger partial charge in [0.25, 0.3) is 0 Å². The molecule has 1 aromatic rings. The van der Waals surface area contributed by atoms with Crippen LogP contribution in [-0.2, 0) is 19.7 Å². The van der Waals surface area contributed by atoms with Crippen LogP contribution in [0, 0.1) is 11.8 Å². The minimum Gasteiger partial charge on any atom is -0.512 e. The quantitative estimate of drug-likeness (QED) is 0.404. The molecule has 0 spiro atoms. The fourth-order valence-electron chi connectivity index (χ4n) is 2.92. The third-order valence-electron chi connectivity index (χ3n) is 4.06. The van der Waals surface area contributed by atoms with Gasteiger partial charge in [-0.05, 0) is 25.3 Å². The third kappa shape index (κ3) is 5.95. The van der Waals surface area contributed by atoms with Crippen molar-refractivity contribution in [2.24, 2.45) is 0 Å². The van der Waals surface area contributed by atoms with Crippen molar-refractivity contribution < 1.29 is 70.8 Å².